The maximum Gasteiger partial charge on any atom is 0.264 e. The summed E-state index contributed by atoms with van der Waals surface area (Å²) in [5, 5.41) is 3.02. The molecule has 0 bridgehead atoms. The van der Waals surface area contributed by atoms with Crippen molar-refractivity contribution < 1.29 is 19.1 Å². The fourth-order valence-corrected chi connectivity index (χ4v) is 4.80. The quantitative estimate of drug-likeness (QED) is 0.305. The number of hydrogen-bond acceptors (Lipinski definition) is 5. The van der Waals surface area contributed by atoms with E-state index in [0.29, 0.717) is 37.5 Å². The van der Waals surface area contributed by atoms with Gasteiger partial charge in [0.25, 0.3) is 5.91 Å². The Bertz CT molecular complexity index is 1270. The van der Waals surface area contributed by atoms with E-state index in [1.807, 2.05) is 65.0 Å². The Morgan fingerprint density at radius 1 is 0.944 bits per heavy atom. The van der Waals surface area contributed by atoms with Crippen molar-refractivity contribution in [1.82, 2.24) is 14.8 Å². The second kappa shape index (κ2) is 12.4. The van der Waals surface area contributed by atoms with E-state index < -0.39 is 0 Å². The van der Waals surface area contributed by atoms with Crippen LogP contribution in [0.3, 0.4) is 0 Å². The van der Waals surface area contributed by atoms with E-state index in [9.17, 15) is 9.59 Å². The van der Waals surface area contributed by atoms with Gasteiger partial charge in [-0.05, 0) is 47.2 Å². The number of nitrogens with one attached hydrogen (secondary N) is 1. The second-order valence-electron chi connectivity index (χ2n) is 8.47. The number of carbonyl (C=O) groups is 2. The summed E-state index contributed by atoms with van der Waals surface area (Å²) < 4.78 is 10.5. The molecule has 4 rings (SSSR count). The number of aromatic nitrogens is 1. The molecule has 0 saturated carbocycles. The number of amides is 2. The summed E-state index contributed by atoms with van der Waals surface area (Å²) in [5.41, 5.74) is 3.23. The van der Waals surface area contributed by atoms with Crippen LogP contribution >= 0.6 is 11.3 Å². The number of H-pyrrole nitrogens is 1. The third kappa shape index (κ3) is 6.33. The Kier molecular flexibility index (Phi) is 8.76. The van der Waals surface area contributed by atoms with Crippen molar-refractivity contribution in [3.8, 4) is 5.75 Å². The van der Waals surface area contributed by atoms with Gasteiger partial charge in [0.1, 0.15) is 12.3 Å². The number of methoxy groups -OCH3 is 2. The number of carbonyl (C=O) groups excluding carboxylic acids is 2. The fourth-order valence-electron chi connectivity index (χ4n) is 4.11. The van der Waals surface area contributed by atoms with Crippen LogP contribution in [-0.2, 0) is 22.5 Å². The number of nitrogens with zero attached hydrogens (tertiary/aromatic N) is 2. The summed E-state index contributed by atoms with van der Waals surface area (Å²) >= 11 is 1.37. The Balaban J connectivity index is 1.53. The Morgan fingerprint density at radius 3 is 2.47 bits per heavy atom. The first kappa shape index (κ1) is 25.5. The van der Waals surface area contributed by atoms with E-state index in [1.165, 1.54) is 11.3 Å². The molecule has 0 aliphatic heterocycles. The minimum Gasteiger partial charge on any atom is -0.497 e. The third-order valence-corrected chi connectivity index (χ3v) is 6.98. The SMILES string of the molecule is COCCN(CC(=O)N(CCc1c[nH]c2ccccc12)Cc1ccc(OC)cc1)C(=O)c1cccs1. The molecule has 2 aromatic carbocycles. The molecule has 0 atom stereocenters. The molecule has 0 radical (unpaired) electrons. The normalized spacial score (nSPS) is 10.9. The predicted molar refractivity (Wildman–Crippen MR) is 143 cm³/mol. The van der Waals surface area contributed by atoms with Crippen molar-refractivity contribution in [2.24, 2.45) is 0 Å². The molecular formula is C28H31N3O4S. The summed E-state index contributed by atoms with van der Waals surface area (Å²) in [4.78, 5) is 34.0. The average Bonchev–Trinajstić information content (AvgIpc) is 3.59. The van der Waals surface area contributed by atoms with Gasteiger partial charge in [0.15, 0.2) is 0 Å². The summed E-state index contributed by atoms with van der Waals surface area (Å²) in [5.74, 6) is 0.505. The maximum absolute atomic E-state index is 13.6. The molecule has 2 aromatic heterocycles. The number of benzene rings is 2. The minimum absolute atomic E-state index is 0.00979. The summed E-state index contributed by atoms with van der Waals surface area (Å²) in [6, 6.07) is 19.5. The fraction of sp³-hybridized carbons (Fsp3) is 0.286. The van der Waals surface area contributed by atoms with Gasteiger partial charge in [-0.2, -0.15) is 0 Å². The van der Waals surface area contributed by atoms with Gasteiger partial charge in [-0.1, -0.05) is 36.4 Å². The number of rotatable bonds is 12. The first-order valence-corrected chi connectivity index (χ1v) is 12.7. The van der Waals surface area contributed by atoms with E-state index in [4.69, 9.17) is 9.47 Å². The van der Waals surface area contributed by atoms with Crippen LogP contribution in [0.2, 0.25) is 0 Å². The first-order valence-electron chi connectivity index (χ1n) is 11.9. The maximum atomic E-state index is 13.6. The van der Waals surface area contributed by atoms with Crippen LogP contribution in [0.4, 0.5) is 0 Å². The van der Waals surface area contributed by atoms with Crippen LogP contribution in [0.1, 0.15) is 20.8 Å². The molecule has 36 heavy (non-hydrogen) atoms. The van der Waals surface area contributed by atoms with Gasteiger partial charge >= 0.3 is 0 Å². The Morgan fingerprint density at radius 2 is 1.75 bits per heavy atom. The van der Waals surface area contributed by atoms with Crippen molar-refractivity contribution in [3.63, 3.8) is 0 Å². The molecule has 7 nitrogen and oxygen atoms in total. The summed E-state index contributed by atoms with van der Waals surface area (Å²) in [6.45, 7) is 1.66. The second-order valence-corrected chi connectivity index (χ2v) is 9.42. The van der Waals surface area contributed by atoms with E-state index >= 15 is 0 Å². The van der Waals surface area contributed by atoms with Gasteiger partial charge in [0.05, 0.1) is 18.6 Å². The molecule has 0 spiro atoms. The topological polar surface area (TPSA) is 74.9 Å². The van der Waals surface area contributed by atoms with Crippen molar-refractivity contribution in [2.75, 3.05) is 40.5 Å². The molecule has 0 unspecified atom stereocenters. The van der Waals surface area contributed by atoms with Crippen LogP contribution in [-0.4, -0.2) is 67.1 Å². The zero-order valence-electron chi connectivity index (χ0n) is 20.6. The third-order valence-electron chi connectivity index (χ3n) is 6.12. The highest BCUT2D eigenvalue weighted by atomic mass is 32.1. The number of fused-ring (bicyclic) bond motifs is 1. The molecule has 2 amide bonds. The van der Waals surface area contributed by atoms with Gasteiger partial charge in [0, 0.05) is 43.8 Å². The van der Waals surface area contributed by atoms with Crippen molar-refractivity contribution in [2.45, 2.75) is 13.0 Å². The van der Waals surface area contributed by atoms with Gasteiger partial charge < -0.3 is 24.3 Å². The Labute approximate surface area is 215 Å². The summed E-state index contributed by atoms with van der Waals surface area (Å²) in [6.07, 6.45) is 2.70. The first-order chi connectivity index (χ1) is 17.6. The smallest absolute Gasteiger partial charge is 0.264 e. The number of aromatic amines is 1. The lowest BCUT2D eigenvalue weighted by atomic mass is 10.1. The number of hydrogen-bond donors (Lipinski definition) is 1. The van der Waals surface area contributed by atoms with E-state index in [0.717, 1.165) is 27.8 Å². The van der Waals surface area contributed by atoms with Crippen molar-refractivity contribution >= 4 is 34.1 Å². The van der Waals surface area contributed by atoms with E-state index in [2.05, 4.69) is 11.1 Å². The van der Waals surface area contributed by atoms with Crippen LogP contribution in [0, 0.1) is 0 Å². The molecule has 1 N–H and O–H groups in total. The minimum atomic E-state index is -0.156. The van der Waals surface area contributed by atoms with Gasteiger partial charge in [-0.25, -0.2) is 0 Å². The van der Waals surface area contributed by atoms with Gasteiger partial charge in [0.2, 0.25) is 5.91 Å². The van der Waals surface area contributed by atoms with Gasteiger partial charge in [-0.15, -0.1) is 11.3 Å². The average molecular weight is 506 g/mol. The highest BCUT2D eigenvalue weighted by molar-refractivity contribution is 7.12. The summed E-state index contributed by atoms with van der Waals surface area (Å²) in [7, 11) is 3.22. The highest BCUT2D eigenvalue weighted by Gasteiger charge is 2.23. The zero-order chi connectivity index (χ0) is 25.3. The van der Waals surface area contributed by atoms with E-state index in [-0.39, 0.29) is 18.4 Å². The molecule has 0 aliphatic carbocycles. The standard InChI is InChI=1S/C28H31N3O4S/c1-34-16-15-31(28(33)26-8-5-17-36-26)20-27(32)30(19-21-9-11-23(35-2)12-10-21)14-13-22-18-29-25-7-4-3-6-24(22)25/h3-12,17-18,29H,13-16,19-20H2,1-2H3. The molecule has 0 aliphatic rings. The zero-order valence-corrected chi connectivity index (χ0v) is 21.4. The van der Waals surface area contributed by atoms with Crippen LogP contribution in [0.25, 0.3) is 10.9 Å². The molecule has 4 aromatic rings. The molecular weight excluding hydrogens is 474 g/mol. The number of thiophene rings is 1. The van der Waals surface area contributed by atoms with Crippen LogP contribution in [0.5, 0.6) is 5.75 Å². The van der Waals surface area contributed by atoms with E-state index in [1.54, 1.807) is 25.2 Å². The largest absolute Gasteiger partial charge is 0.497 e. The lowest BCUT2D eigenvalue weighted by molar-refractivity contribution is -0.132. The molecule has 0 fully saturated rings. The number of ether oxygens (including phenoxy) is 2. The molecule has 8 heteroatoms. The lowest BCUT2D eigenvalue weighted by Crippen LogP contribution is -2.44. The molecule has 188 valence electrons. The predicted octanol–water partition coefficient (Wildman–Crippen LogP) is 4.60. The monoisotopic (exact) mass is 505 g/mol. The van der Waals surface area contributed by atoms with Crippen LogP contribution in [0.15, 0.2) is 72.2 Å². The molecule has 2 heterocycles. The molecule has 0 saturated heterocycles. The van der Waals surface area contributed by atoms with Crippen LogP contribution < -0.4 is 4.74 Å². The van der Waals surface area contributed by atoms with Crippen molar-refractivity contribution in [3.05, 3.63) is 88.2 Å². The lowest BCUT2D eigenvalue weighted by Gasteiger charge is -2.27. The van der Waals surface area contributed by atoms with Gasteiger partial charge in [-0.3, -0.25) is 9.59 Å². The number of para-hydroxylation sites is 1. The highest BCUT2D eigenvalue weighted by Crippen LogP contribution is 2.20. The Hall–Kier alpha value is -3.62. The van der Waals surface area contributed by atoms with Crippen molar-refractivity contribution in [1.29, 1.82) is 0 Å².